The normalized spacial score (nSPS) is 22.5. The molecule has 0 spiro atoms. The van der Waals surface area contributed by atoms with Gasteiger partial charge in [0.2, 0.25) is 17.8 Å². The number of aromatic nitrogens is 5. The van der Waals surface area contributed by atoms with Crippen LogP contribution in [0.25, 0.3) is 16.9 Å². The second-order valence-corrected chi connectivity index (χ2v) is 17.7. The topological polar surface area (TPSA) is 154 Å². The molecule has 5 aromatic rings. The lowest BCUT2D eigenvalue weighted by atomic mass is 9.90. The molecule has 4 aliphatic heterocycles. The van der Waals surface area contributed by atoms with Gasteiger partial charge in [0.05, 0.1) is 18.2 Å². The number of imide groups is 1. The predicted octanol–water partition coefficient (Wildman–Crippen LogP) is 4.93. The molecule has 5 aliphatic rings. The van der Waals surface area contributed by atoms with Crippen molar-refractivity contribution in [3.63, 3.8) is 0 Å². The molecule has 3 aromatic heterocycles. The number of aliphatic hydroxyl groups is 1. The third-order valence-corrected chi connectivity index (χ3v) is 13.9. The number of fused-ring (bicyclic) bond motifs is 3. The summed E-state index contributed by atoms with van der Waals surface area (Å²) in [6, 6.07) is 19.3. The molecular weight excluding hydrogens is 769 g/mol. The van der Waals surface area contributed by atoms with Gasteiger partial charge in [-0.2, -0.15) is 4.98 Å². The number of carbonyl (C=O) groups is 2. The Balaban J connectivity index is 0.742. The van der Waals surface area contributed by atoms with Crippen LogP contribution in [0.4, 0.5) is 17.3 Å². The van der Waals surface area contributed by atoms with E-state index in [-0.39, 0.29) is 29.8 Å². The number of nitrogens with zero attached hydrogens (tertiary/aromatic N) is 8. The van der Waals surface area contributed by atoms with Crippen LogP contribution in [-0.4, -0.2) is 96.3 Å². The summed E-state index contributed by atoms with van der Waals surface area (Å²) in [6.07, 6.45) is 9.56. The summed E-state index contributed by atoms with van der Waals surface area (Å²) in [5.41, 5.74) is 6.72. The monoisotopic (exact) mass is 822 g/mol. The highest BCUT2D eigenvalue weighted by atomic mass is 16.3. The second-order valence-electron chi connectivity index (χ2n) is 17.7. The molecule has 0 radical (unpaired) electrons. The lowest BCUT2D eigenvalue weighted by molar-refractivity contribution is -0.134. The number of allylic oxidation sites excluding steroid dienone is 1. The number of piperidine rings is 2. The Morgan fingerprint density at radius 3 is 2.51 bits per heavy atom. The second kappa shape index (κ2) is 16.0. The van der Waals surface area contributed by atoms with Gasteiger partial charge in [-0.05, 0) is 111 Å². The van der Waals surface area contributed by atoms with Crippen LogP contribution in [0.2, 0.25) is 0 Å². The number of aryl methyl sites for hydroxylation is 1. The smallest absolute Gasteiger partial charge is 0.278 e. The van der Waals surface area contributed by atoms with Gasteiger partial charge in [0.1, 0.15) is 11.0 Å². The van der Waals surface area contributed by atoms with E-state index in [0.29, 0.717) is 66.1 Å². The van der Waals surface area contributed by atoms with E-state index in [2.05, 4.69) is 67.2 Å². The van der Waals surface area contributed by atoms with E-state index in [1.807, 2.05) is 31.2 Å². The van der Waals surface area contributed by atoms with Crippen LogP contribution in [-0.2, 0) is 41.1 Å². The first-order valence-electron chi connectivity index (χ1n) is 22.0. The molecule has 0 bridgehead atoms. The third kappa shape index (κ3) is 7.44. The zero-order chi connectivity index (χ0) is 41.8. The summed E-state index contributed by atoms with van der Waals surface area (Å²) in [4.78, 5) is 59.5. The van der Waals surface area contributed by atoms with Crippen LogP contribution >= 0.6 is 0 Å². The third-order valence-electron chi connectivity index (χ3n) is 13.9. The van der Waals surface area contributed by atoms with E-state index < -0.39 is 5.60 Å². The fourth-order valence-corrected chi connectivity index (χ4v) is 10.4. The zero-order valence-corrected chi connectivity index (χ0v) is 34.9. The van der Waals surface area contributed by atoms with Gasteiger partial charge in [0.25, 0.3) is 5.56 Å². The average molecular weight is 823 g/mol. The van der Waals surface area contributed by atoms with Gasteiger partial charge in [-0.15, -0.1) is 6.58 Å². The summed E-state index contributed by atoms with van der Waals surface area (Å²) < 4.78 is 3.29. The molecule has 2 amide bonds. The van der Waals surface area contributed by atoms with E-state index in [1.54, 1.807) is 21.6 Å². The van der Waals surface area contributed by atoms with E-state index in [0.717, 1.165) is 75.5 Å². The molecule has 2 aromatic carbocycles. The summed E-state index contributed by atoms with van der Waals surface area (Å²) in [5.74, 6) is 0.977. The number of anilines is 3. The molecule has 14 nitrogen and oxygen atoms in total. The predicted molar refractivity (Wildman–Crippen MR) is 234 cm³/mol. The Morgan fingerprint density at radius 2 is 1.74 bits per heavy atom. The Hall–Kier alpha value is -5.70. The van der Waals surface area contributed by atoms with Crippen LogP contribution in [0.5, 0.6) is 0 Å². The first-order chi connectivity index (χ1) is 29.7. The maximum absolute atomic E-state index is 13.6. The maximum Gasteiger partial charge on any atom is 0.278 e. The molecule has 3 N–H and O–H groups in total. The first-order valence-corrected chi connectivity index (χ1v) is 22.0. The number of rotatable bonds is 11. The van der Waals surface area contributed by atoms with Crippen molar-refractivity contribution in [3.05, 3.63) is 112 Å². The van der Waals surface area contributed by atoms with Gasteiger partial charge in [0.15, 0.2) is 11.5 Å². The lowest BCUT2D eigenvalue weighted by Gasteiger charge is -2.45. The fraction of sp³-hybridized carbons (Fsp3) is 0.447. The van der Waals surface area contributed by atoms with Crippen molar-refractivity contribution in [2.75, 3.05) is 49.5 Å². The maximum atomic E-state index is 13.6. The number of hydrogen-bond donors (Lipinski definition) is 3. The molecule has 2 atom stereocenters. The quantitative estimate of drug-likeness (QED) is 0.123. The van der Waals surface area contributed by atoms with Crippen LogP contribution < -0.4 is 21.1 Å². The number of pyridine rings is 1. The number of benzene rings is 2. The standard InChI is InChI=1S/C47H54N10O4/c1-3-20-56-45(60)39-25-48-46(52-43(39)57(56)40-13-8-32-15-19-47(61,4-2)42(32)50-40)49-35-9-5-34-29-54(23-16-33(34)24-35)37-17-21-53(22-18-37)26-30-27-55(28-30)36-10-6-31(7-11-36)38-12-14-41(58)51-44(38)59/h3,5-11,13,24-25,30,37-38,61H,1,4,12,14-23,26-29H2,2H3,(H,48,49,52)(H,51,58,59)/t38?,47-/m1/s1. The lowest BCUT2D eigenvalue weighted by Crippen LogP contribution is -2.54. The van der Waals surface area contributed by atoms with Gasteiger partial charge < -0.3 is 20.2 Å². The molecule has 14 heteroatoms. The SMILES string of the molecule is C=CCn1c(=O)c2cnc(Nc3ccc4c(c3)CCN(C3CCN(CC5CN(c6ccc(C7CCC(=O)NC7=O)cc6)C5)CC3)C4)nc2n1-c1ccc2c(n1)[C@@](O)(CC)CC2. The van der Waals surface area contributed by atoms with E-state index >= 15 is 0 Å². The van der Waals surface area contributed by atoms with Crippen LogP contribution in [0, 0.1) is 5.92 Å². The number of nitrogens with one attached hydrogen (secondary N) is 2. The number of likely N-dealkylation sites (tertiary alicyclic amines) is 1. The van der Waals surface area contributed by atoms with E-state index in [1.165, 1.54) is 29.7 Å². The molecule has 61 heavy (non-hydrogen) atoms. The van der Waals surface area contributed by atoms with Gasteiger partial charge >= 0.3 is 0 Å². The Labute approximate surface area is 355 Å². The highest BCUT2D eigenvalue weighted by Gasteiger charge is 2.38. The molecular formula is C47H54N10O4. The summed E-state index contributed by atoms with van der Waals surface area (Å²) >= 11 is 0. The summed E-state index contributed by atoms with van der Waals surface area (Å²) in [7, 11) is 0. The molecule has 1 aliphatic carbocycles. The number of hydrogen-bond acceptors (Lipinski definition) is 11. The van der Waals surface area contributed by atoms with Crippen molar-refractivity contribution < 1.29 is 14.7 Å². The van der Waals surface area contributed by atoms with Crippen molar-refractivity contribution in [1.82, 2.24) is 39.4 Å². The van der Waals surface area contributed by atoms with Crippen LogP contribution in [0.15, 0.2) is 78.2 Å². The Morgan fingerprint density at radius 1 is 0.934 bits per heavy atom. The van der Waals surface area contributed by atoms with Gasteiger partial charge in [-0.1, -0.05) is 37.3 Å². The number of carbonyl (C=O) groups excluding carboxylic acids is 2. The largest absolute Gasteiger partial charge is 0.384 e. The van der Waals surface area contributed by atoms with Crippen molar-refractivity contribution >= 4 is 40.2 Å². The van der Waals surface area contributed by atoms with E-state index in [4.69, 9.17) is 9.97 Å². The van der Waals surface area contributed by atoms with Crippen molar-refractivity contribution in [3.8, 4) is 5.82 Å². The van der Waals surface area contributed by atoms with Crippen molar-refractivity contribution in [2.24, 2.45) is 5.92 Å². The number of amides is 2. The van der Waals surface area contributed by atoms with Crippen molar-refractivity contribution in [2.45, 2.75) is 88.9 Å². The highest BCUT2D eigenvalue weighted by Crippen LogP contribution is 2.39. The minimum absolute atomic E-state index is 0.177. The van der Waals surface area contributed by atoms with Gasteiger partial charge in [0, 0.05) is 68.7 Å². The molecule has 0 saturated carbocycles. The van der Waals surface area contributed by atoms with Gasteiger partial charge in [-0.25, -0.2) is 19.3 Å². The minimum Gasteiger partial charge on any atom is -0.384 e. The molecule has 1 unspecified atom stereocenters. The van der Waals surface area contributed by atoms with Gasteiger partial charge in [-0.3, -0.25) is 24.6 Å². The van der Waals surface area contributed by atoms with Crippen molar-refractivity contribution in [1.29, 1.82) is 0 Å². The van der Waals surface area contributed by atoms with E-state index in [9.17, 15) is 19.5 Å². The van der Waals surface area contributed by atoms with Crippen LogP contribution in [0.1, 0.15) is 79.3 Å². The average Bonchev–Trinajstić information content (AvgIpc) is 3.74. The summed E-state index contributed by atoms with van der Waals surface area (Å²) in [5, 5.41) is 17.6. The highest BCUT2D eigenvalue weighted by molar-refractivity contribution is 6.01. The fourth-order valence-electron chi connectivity index (χ4n) is 10.4. The molecule has 10 rings (SSSR count). The molecule has 7 heterocycles. The summed E-state index contributed by atoms with van der Waals surface area (Å²) in [6.45, 7) is 13.6. The molecule has 3 fully saturated rings. The van der Waals surface area contributed by atoms with Crippen LogP contribution in [0.3, 0.4) is 0 Å². The zero-order valence-electron chi connectivity index (χ0n) is 34.9. The minimum atomic E-state index is -0.984. The first kappa shape index (κ1) is 39.4. The molecule has 316 valence electrons. The Kier molecular flexibility index (Phi) is 10.3. The Bertz CT molecular complexity index is 2570. The molecule has 3 saturated heterocycles.